The van der Waals surface area contributed by atoms with Gasteiger partial charge in [-0.2, -0.15) is 0 Å². The van der Waals surface area contributed by atoms with Gasteiger partial charge < -0.3 is 15.8 Å². The number of nitrogens with two attached hydrogens (primary N) is 1. The van der Waals surface area contributed by atoms with Gasteiger partial charge in [-0.15, -0.1) is 0 Å². The van der Waals surface area contributed by atoms with Crippen LogP contribution in [0.5, 0.6) is 0 Å². The molecule has 0 bridgehead atoms. The maximum atomic E-state index is 13.4. The van der Waals surface area contributed by atoms with E-state index in [2.05, 4.69) is 15.2 Å². The summed E-state index contributed by atoms with van der Waals surface area (Å²) < 4.78 is 18.7. The fourth-order valence-electron chi connectivity index (χ4n) is 2.20. The van der Waals surface area contributed by atoms with E-state index in [0.717, 1.165) is 45.8 Å². The molecule has 0 saturated carbocycles. The molecule has 1 heterocycles. The lowest BCUT2D eigenvalue weighted by Gasteiger charge is -2.26. The summed E-state index contributed by atoms with van der Waals surface area (Å²) in [6.07, 6.45) is 0.996. The largest absolute Gasteiger partial charge is 0.379 e. The van der Waals surface area contributed by atoms with Crippen LogP contribution in [-0.2, 0) is 11.3 Å². The molecule has 3 N–H and O–H groups in total. The fraction of sp³-hybridized carbons (Fsp3) is 0.533. The monoisotopic (exact) mass is 294 g/mol. The molecule has 1 aromatic rings. The van der Waals surface area contributed by atoms with E-state index in [-0.39, 0.29) is 12.4 Å². The molecule has 1 aromatic carbocycles. The zero-order chi connectivity index (χ0) is 14.9. The summed E-state index contributed by atoms with van der Waals surface area (Å²) in [7, 11) is 0. The van der Waals surface area contributed by atoms with Gasteiger partial charge in [0.15, 0.2) is 5.96 Å². The standard InChI is InChI=1S/C15H23FN4O/c16-14-5-2-1-4-13(14)12-19-15(17)18-6-3-7-20-8-10-21-11-9-20/h1-2,4-5H,3,6-12H2,(H3,17,18,19). The Morgan fingerprint density at radius 2 is 2.10 bits per heavy atom. The molecule has 5 nitrogen and oxygen atoms in total. The molecule has 1 saturated heterocycles. The number of nitrogens with zero attached hydrogens (tertiary/aromatic N) is 2. The Hall–Kier alpha value is -1.66. The minimum absolute atomic E-state index is 0.249. The number of benzene rings is 1. The number of ether oxygens (including phenoxy) is 1. The molecule has 2 rings (SSSR count). The molecule has 0 radical (unpaired) electrons. The lowest BCUT2D eigenvalue weighted by molar-refractivity contribution is 0.0376. The maximum Gasteiger partial charge on any atom is 0.188 e. The summed E-state index contributed by atoms with van der Waals surface area (Å²) in [4.78, 5) is 6.52. The van der Waals surface area contributed by atoms with Crippen molar-refractivity contribution in [2.75, 3.05) is 39.4 Å². The Kier molecular flexibility index (Phi) is 6.43. The van der Waals surface area contributed by atoms with Crippen molar-refractivity contribution in [2.24, 2.45) is 10.7 Å². The second-order valence-corrected chi connectivity index (χ2v) is 5.03. The third-order valence-corrected chi connectivity index (χ3v) is 3.44. The van der Waals surface area contributed by atoms with Crippen molar-refractivity contribution in [3.8, 4) is 0 Å². The number of halogens is 1. The molecule has 1 aliphatic rings. The van der Waals surface area contributed by atoms with Crippen molar-refractivity contribution in [3.63, 3.8) is 0 Å². The van der Waals surface area contributed by atoms with Gasteiger partial charge in [0.2, 0.25) is 0 Å². The average molecular weight is 294 g/mol. The van der Waals surface area contributed by atoms with E-state index in [1.807, 2.05) is 0 Å². The Morgan fingerprint density at radius 3 is 2.86 bits per heavy atom. The molecule has 0 spiro atoms. The summed E-state index contributed by atoms with van der Waals surface area (Å²) >= 11 is 0. The second-order valence-electron chi connectivity index (χ2n) is 5.03. The van der Waals surface area contributed by atoms with Gasteiger partial charge in [0.25, 0.3) is 0 Å². The van der Waals surface area contributed by atoms with E-state index in [1.165, 1.54) is 6.07 Å². The Bertz CT molecular complexity index is 461. The van der Waals surface area contributed by atoms with Crippen LogP contribution in [0.15, 0.2) is 29.3 Å². The molecule has 0 amide bonds. The summed E-state index contributed by atoms with van der Waals surface area (Å²) in [5.41, 5.74) is 6.33. The predicted molar refractivity (Wildman–Crippen MR) is 81.6 cm³/mol. The summed E-state index contributed by atoms with van der Waals surface area (Å²) in [5.74, 6) is 0.113. The van der Waals surface area contributed by atoms with Gasteiger partial charge >= 0.3 is 0 Å². The van der Waals surface area contributed by atoms with Crippen molar-refractivity contribution in [2.45, 2.75) is 13.0 Å². The Balaban J connectivity index is 1.63. The fourth-order valence-corrected chi connectivity index (χ4v) is 2.20. The highest BCUT2D eigenvalue weighted by Crippen LogP contribution is 2.07. The third kappa shape index (κ3) is 5.69. The molecule has 0 atom stereocenters. The molecule has 0 unspecified atom stereocenters. The molecule has 0 aliphatic carbocycles. The zero-order valence-corrected chi connectivity index (χ0v) is 12.2. The van der Waals surface area contributed by atoms with Gasteiger partial charge in [0, 0.05) is 25.2 Å². The maximum absolute atomic E-state index is 13.4. The molecule has 6 heteroatoms. The van der Waals surface area contributed by atoms with Crippen LogP contribution in [0.3, 0.4) is 0 Å². The van der Waals surface area contributed by atoms with E-state index >= 15 is 0 Å². The van der Waals surface area contributed by atoms with Crippen LogP contribution in [0.1, 0.15) is 12.0 Å². The first-order chi connectivity index (χ1) is 10.3. The van der Waals surface area contributed by atoms with Crippen molar-refractivity contribution in [1.29, 1.82) is 0 Å². The number of hydrogen-bond donors (Lipinski definition) is 2. The number of nitrogens with one attached hydrogen (secondary N) is 1. The van der Waals surface area contributed by atoms with Crippen molar-refractivity contribution in [1.82, 2.24) is 10.2 Å². The van der Waals surface area contributed by atoms with Gasteiger partial charge in [-0.3, -0.25) is 4.90 Å². The predicted octanol–water partition coefficient (Wildman–Crippen LogP) is 0.952. The summed E-state index contributed by atoms with van der Waals surface area (Å²) in [6.45, 7) is 5.68. The van der Waals surface area contributed by atoms with Crippen LogP contribution in [-0.4, -0.2) is 50.3 Å². The smallest absolute Gasteiger partial charge is 0.188 e. The van der Waals surface area contributed by atoms with Crippen LogP contribution in [0, 0.1) is 5.82 Å². The topological polar surface area (TPSA) is 62.9 Å². The van der Waals surface area contributed by atoms with Crippen LogP contribution in [0.25, 0.3) is 0 Å². The first-order valence-electron chi connectivity index (χ1n) is 7.33. The van der Waals surface area contributed by atoms with Crippen molar-refractivity contribution in [3.05, 3.63) is 35.6 Å². The minimum Gasteiger partial charge on any atom is -0.379 e. The SMILES string of the molecule is NC(=NCc1ccccc1F)NCCCN1CCOCC1. The number of morpholine rings is 1. The van der Waals surface area contributed by atoms with E-state index in [9.17, 15) is 4.39 Å². The molecule has 21 heavy (non-hydrogen) atoms. The highest BCUT2D eigenvalue weighted by atomic mass is 19.1. The van der Waals surface area contributed by atoms with E-state index in [4.69, 9.17) is 10.5 Å². The van der Waals surface area contributed by atoms with E-state index in [0.29, 0.717) is 11.5 Å². The zero-order valence-electron chi connectivity index (χ0n) is 12.2. The number of aliphatic imine (C=N–C) groups is 1. The first-order valence-corrected chi connectivity index (χ1v) is 7.33. The highest BCUT2D eigenvalue weighted by Gasteiger charge is 2.09. The minimum atomic E-state index is -0.249. The normalized spacial score (nSPS) is 16.9. The first kappa shape index (κ1) is 15.7. The molecular formula is C15H23FN4O. The lowest BCUT2D eigenvalue weighted by Crippen LogP contribution is -2.39. The molecule has 116 valence electrons. The van der Waals surface area contributed by atoms with Crippen LogP contribution < -0.4 is 11.1 Å². The van der Waals surface area contributed by atoms with Crippen LogP contribution in [0.4, 0.5) is 4.39 Å². The summed E-state index contributed by atoms with van der Waals surface area (Å²) in [6, 6.07) is 6.59. The van der Waals surface area contributed by atoms with Crippen LogP contribution in [0.2, 0.25) is 0 Å². The second kappa shape index (κ2) is 8.59. The van der Waals surface area contributed by atoms with Gasteiger partial charge in [0.1, 0.15) is 5.82 Å². The molecule has 1 aliphatic heterocycles. The summed E-state index contributed by atoms with van der Waals surface area (Å²) in [5, 5.41) is 3.06. The van der Waals surface area contributed by atoms with E-state index in [1.54, 1.807) is 18.2 Å². The van der Waals surface area contributed by atoms with Crippen LogP contribution >= 0.6 is 0 Å². The average Bonchev–Trinajstić information content (AvgIpc) is 2.52. The van der Waals surface area contributed by atoms with E-state index < -0.39 is 0 Å². The molecular weight excluding hydrogens is 271 g/mol. The van der Waals surface area contributed by atoms with Gasteiger partial charge in [-0.25, -0.2) is 9.38 Å². The van der Waals surface area contributed by atoms with Crippen molar-refractivity contribution < 1.29 is 9.13 Å². The third-order valence-electron chi connectivity index (χ3n) is 3.44. The van der Waals surface area contributed by atoms with Gasteiger partial charge in [-0.05, 0) is 19.0 Å². The number of hydrogen-bond acceptors (Lipinski definition) is 3. The van der Waals surface area contributed by atoms with Gasteiger partial charge in [0.05, 0.1) is 19.8 Å². The lowest BCUT2D eigenvalue weighted by atomic mass is 10.2. The van der Waals surface area contributed by atoms with Crippen molar-refractivity contribution >= 4 is 5.96 Å². The number of rotatable bonds is 6. The molecule has 0 aromatic heterocycles. The highest BCUT2D eigenvalue weighted by molar-refractivity contribution is 5.77. The quantitative estimate of drug-likeness (QED) is 0.466. The van der Waals surface area contributed by atoms with Gasteiger partial charge in [-0.1, -0.05) is 18.2 Å². The Labute approximate surface area is 125 Å². The Morgan fingerprint density at radius 1 is 1.33 bits per heavy atom. The number of guanidine groups is 1. The molecule has 1 fully saturated rings.